The van der Waals surface area contributed by atoms with Crippen LogP contribution >= 0.6 is 11.6 Å². The van der Waals surface area contributed by atoms with Crippen molar-refractivity contribution >= 4 is 17.6 Å². The Morgan fingerprint density at radius 2 is 2.05 bits per heavy atom. The number of hydrogen-bond acceptors (Lipinski definition) is 2. The molecule has 116 valence electrons. The zero-order valence-electron chi connectivity index (χ0n) is 12.6. The summed E-state index contributed by atoms with van der Waals surface area (Å²) in [6.07, 6.45) is 1.98. The number of carbonyl (C=O) groups is 1. The monoisotopic (exact) mass is 309 g/mol. The van der Waals surface area contributed by atoms with Gasteiger partial charge in [0.05, 0.1) is 0 Å². The molecule has 1 fully saturated rings. The molecular weight excluding hydrogens is 286 g/mol. The highest BCUT2D eigenvalue weighted by Gasteiger charge is 2.19. The van der Waals surface area contributed by atoms with Crippen LogP contribution in [0.25, 0.3) is 0 Å². The van der Waals surface area contributed by atoms with Gasteiger partial charge in [0.2, 0.25) is 0 Å². The van der Waals surface area contributed by atoms with Crippen LogP contribution in [0.15, 0.2) is 24.3 Å². The molecule has 1 heterocycles. The molecule has 0 saturated carbocycles. The highest BCUT2D eigenvalue weighted by atomic mass is 35.5. The molecule has 1 saturated heterocycles. The van der Waals surface area contributed by atoms with E-state index in [1.54, 1.807) is 0 Å². The van der Waals surface area contributed by atoms with E-state index >= 15 is 0 Å². The molecule has 4 nitrogen and oxygen atoms in total. The standard InChI is InChI=1S/C16H24ClN3O/c1-2-8-19-9-11-20(12-10-19)16(21)18-7-6-14-4-3-5-15(17)13-14/h3-5,13H,2,6-12H2,1H3,(H,18,21). The van der Waals surface area contributed by atoms with Gasteiger partial charge < -0.3 is 10.2 Å². The van der Waals surface area contributed by atoms with E-state index in [1.165, 1.54) is 6.42 Å². The van der Waals surface area contributed by atoms with Crippen LogP contribution in [0.3, 0.4) is 0 Å². The first-order valence-corrected chi connectivity index (χ1v) is 8.06. The lowest BCUT2D eigenvalue weighted by Crippen LogP contribution is -2.52. The van der Waals surface area contributed by atoms with Gasteiger partial charge in [-0.15, -0.1) is 0 Å². The van der Waals surface area contributed by atoms with E-state index in [9.17, 15) is 4.79 Å². The van der Waals surface area contributed by atoms with Crippen LogP contribution in [-0.4, -0.2) is 55.1 Å². The van der Waals surface area contributed by atoms with Crippen molar-refractivity contribution in [3.8, 4) is 0 Å². The summed E-state index contributed by atoms with van der Waals surface area (Å²) in [7, 11) is 0. The minimum absolute atomic E-state index is 0.0492. The van der Waals surface area contributed by atoms with Crippen LogP contribution in [0, 0.1) is 0 Å². The quantitative estimate of drug-likeness (QED) is 0.907. The van der Waals surface area contributed by atoms with Crippen molar-refractivity contribution < 1.29 is 4.79 Å². The largest absolute Gasteiger partial charge is 0.338 e. The normalized spacial score (nSPS) is 16.0. The molecule has 2 rings (SSSR count). The van der Waals surface area contributed by atoms with Crippen LogP contribution in [0.5, 0.6) is 0 Å². The van der Waals surface area contributed by atoms with E-state index in [0.717, 1.165) is 49.7 Å². The topological polar surface area (TPSA) is 35.6 Å². The maximum Gasteiger partial charge on any atom is 0.317 e. The Morgan fingerprint density at radius 1 is 1.29 bits per heavy atom. The van der Waals surface area contributed by atoms with Gasteiger partial charge in [-0.3, -0.25) is 4.90 Å². The highest BCUT2D eigenvalue weighted by molar-refractivity contribution is 6.30. The lowest BCUT2D eigenvalue weighted by molar-refractivity contribution is 0.139. The van der Waals surface area contributed by atoms with Crippen molar-refractivity contribution in [2.24, 2.45) is 0 Å². The van der Waals surface area contributed by atoms with E-state index in [0.29, 0.717) is 6.54 Å². The predicted octanol–water partition coefficient (Wildman–Crippen LogP) is 2.62. The molecule has 5 heteroatoms. The van der Waals surface area contributed by atoms with Gasteiger partial charge in [-0.1, -0.05) is 30.7 Å². The summed E-state index contributed by atoms with van der Waals surface area (Å²) in [5.41, 5.74) is 1.15. The van der Waals surface area contributed by atoms with Crippen molar-refractivity contribution in [2.45, 2.75) is 19.8 Å². The number of rotatable bonds is 5. The molecule has 2 amide bonds. The van der Waals surface area contributed by atoms with E-state index < -0.39 is 0 Å². The second kappa shape index (κ2) is 8.25. The van der Waals surface area contributed by atoms with Crippen molar-refractivity contribution in [2.75, 3.05) is 39.3 Å². The number of amides is 2. The van der Waals surface area contributed by atoms with Gasteiger partial charge in [0.1, 0.15) is 0 Å². The molecule has 0 radical (unpaired) electrons. The predicted molar refractivity (Wildman–Crippen MR) is 86.9 cm³/mol. The molecule has 1 aliphatic rings. The summed E-state index contributed by atoms with van der Waals surface area (Å²) in [4.78, 5) is 16.4. The van der Waals surface area contributed by atoms with Crippen LogP contribution in [-0.2, 0) is 6.42 Å². The fourth-order valence-corrected chi connectivity index (χ4v) is 2.82. The summed E-state index contributed by atoms with van der Waals surface area (Å²) in [6, 6.07) is 7.82. The molecule has 0 aromatic heterocycles. The van der Waals surface area contributed by atoms with Gasteiger partial charge in [-0.25, -0.2) is 4.79 Å². The van der Waals surface area contributed by atoms with Crippen molar-refractivity contribution in [1.82, 2.24) is 15.1 Å². The summed E-state index contributed by atoms with van der Waals surface area (Å²) in [6.45, 7) is 7.57. The Morgan fingerprint density at radius 3 is 2.71 bits per heavy atom. The van der Waals surface area contributed by atoms with E-state index in [4.69, 9.17) is 11.6 Å². The Balaban J connectivity index is 1.68. The Hall–Kier alpha value is -1.26. The van der Waals surface area contributed by atoms with Crippen molar-refractivity contribution in [3.05, 3.63) is 34.9 Å². The number of nitrogens with zero attached hydrogens (tertiary/aromatic N) is 2. The Kier molecular flexibility index (Phi) is 6.33. The molecule has 1 aliphatic heterocycles. The molecule has 0 spiro atoms. The first-order valence-electron chi connectivity index (χ1n) is 7.68. The molecular formula is C16H24ClN3O. The van der Waals surface area contributed by atoms with Crippen molar-refractivity contribution in [3.63, 3.8) is 0 Å². The minimum atomic E-state index is 0.0492. The smallest absolute Gasteiger partial charge is 0.317 e. The van der Waals surface area contributed by atoms with Crippen LogP contribution < -0.4 is 5.32 Å². The van der Waals surface area contributed by atoms with Crippen molar-refractivity contribution in [1.29, 1.82) is 0 Å². The SMILES string of the molecule is CCCN1CCN(C(=O)NCCc2cccc(Cl)c2)CC1. The first kappa shape index (κ1) is 16.1. The summed E-state index contributed by atoms with van der Waals surface area (Å²) in [5, 5.41) is 3.73. The summed E-state index contributed by atoms with van der Waals surface area (Å²) < 4.78 is 0. The number of hydrogen-bond donors (Lipinski definition) is 1. The number of piperazine rings is 1. The molecule has 0 atom stereocenters. The molecule has 1 aromatic rings. The van der Waals surface area contributed by atoms with Crippen LogP contribution in [0.2, 0.25) is 5.02 Å². The maximum atomic E-state index is 12.1. The lowest BCUT2D eigenvalue weighted by Gasteiger charge is -2.34. The third-order valence-electron chi connectivity index (χ3n) is 3.78. The van der Waals surface area contributed by atoms with Gasteiger partial charge in [0.25, 0.3) is 0 Å². The fourth-order valence-electron chi connectivity index (χ4n) is 2.61. The second-order valence-electron chi connectivity index (χ2n) is 5.44. The minimum Gasteiger partial charge on any atom is -0.338 e. The fraction of sp³-hybridized carbons (Fsp3) is 0.562. The second-order valence-corrected chi connectivity index (χ2v) is 5.88. The van der Waals surface area contributed by atoms with Gasteiger partial charge in [-0.05, 0) is 37.1 Å². The van der Waals surface area contributed by atoms with Crippen LogP contribution in [0.1, 0.15) is 18.9 Å². The summed E-state index contributed by atoms with van der Waals surface area (Å²) in [5.74, 6) is 0. The van der Waals surface area contributed by atoms with Gasteiger partial charge in [0.15, 0.2) is 0 Å². The van der Waals surface area contributed by atoms with Gasteiger partial charge >= 0.3 is 6.03 Å². The zero-order valence-corrected chi connectivity index (χ0v) is 13.4. The molecule has 0 aliphatic carbocycles. The van der Waals surface area contributed by atoms with Crippen LogP contribution in [0.4, 0.5) is 4.79 Å². The lowest BCUT2D eigenvalue weighted by atomic mass is 10.1. The van der Waals surface area contributed by atoms with E-state index in [2.05, 4.69) is 17.1 Å². The number of urea groups is 1. The molecule has 1 aromatic carbocycles. The summed E-state index contributed by atoms with van der Waals surface area (Å²) >= 11 is 5.95. The van der Waals surface area contributed by atoms with Gasteiger partial charge in [0, 0.05) is 37.7 Å². The first-order chi connectivity index (χ1) is 10.2. The average Bonchev–Trinajstić information content (AvgIpc) is 2.48. The molecule has 21 heavy (non-hydrogen) atoms. The number of benzene rings is 1. The third-order valence-corrected chi connectivity index (χ3v) is 4.01. The Labute approximate surface area is 132 Å². The number of carbonyl (C=O) groups excluding carboxylic acids is 1. The number of nitrogens with one attached hydrogen (secondary N) is 1. The van der Waals surface area contributed by atoms with Gasteiger partial charge in [-0.2, -0.15) is 0 Å². The molecule has 0 unspecified atom stereocenters. The molecule has 1 N–H and O–H groups in total. The highest BCUT2D eigenvalue weighted by Crippen LogP contribution is 2.10. The average molecular weight is 310 g/mol. The zero-order chi connectivity index (χ0) is 15.1. The number of halogens is 1. The maximum absolute atomic E-state index is 12.1. The third kappa shape index (κ3) is 5.21. The Bertz CT molecular complexity index is 459. The van der Waals surface area contributed by atoms with E-state index in [-0.39, 0.29) is 6.03 Å². The van der Waals surface area contributed by atoms with E-state index in [1.807, 2.05) is 29.2 Å². The molecule has 0 bridgehead atoms.